The smallest absolute Gasteiger partial charge is 0.321 e. The molecule has 0 spiro atoms. The third-order valence-corrected chi connectivity index (χ3v) is 6.10. The van der Waals surface area contributed by atoms with E-state index in [4.69, 9.17) is 4.74 Å². The Bertz CT molecular complexity index is 1140. The number of hydrogen-bond acceptors (Lipinski definition) is 7. The topological polar surface area (TPSA) is 128 Å². The van der Waals surface area contributed by atoms with Gasteiger partial charge in [-0.15, -0.1) is 0 Å². The van der Waals surface area contributed by atoms with Crippen LogP contribution in [0.2, 0.25) is 0 Å². The van der Waals surface area contributed by atoms with Crippen LogP contribution < -0.4 is 14.8 Å². The SMILES string of the molecule is Cc1nn(C)c(C)c1S(=O)(=O)NC(C)C(=O)Nc1ccc(Oc2ncccn2)cc1. The van der Waals surface area contributed by atoms with Gasteiger partial charge in [0.1, 0.15) is 10.6 Å². The number of nitrogens with one attached hydrogen (secondary N) is 2. The predicted molar refractivity (Wildman–Crippen MR) is 110 cm³/mol. The molecular formula is C19H22N6O4S. The number of benzene rings is 1. The molecule has 3 rings (SSSR count). The van der Waals surface area contributed by atoms with E-state index in [9.17, 15) is 13.2 Å². The summed E-state index contributed by atoms with van der Waals surface area (Å²) >= 11 is 0. The third kappa shape index (κ3) is 4.81. The number of sulfonamides is 1. The van der Waals surface area contributed by atoms with Crippen molar-refractivity contribution in [3.63, 3.8) is 0 Å². The summed E-state index contributed by atoms with van der Waals surface area (Å²) in [4.78, 5) is 20.5. The largest absolute Gasteiger partial charge is 0.424 e. The summed E-state index contributed by atoms with van der Waals surface area (Å²) < 4.78 is 34.8. The average molecular weight is 430 g/mol. The van der Waals surface area contributed by atoms with Gasteiger partial charge in [0.15, 0.2) is 0 Å². The van der Waals surface area contributed by atoms with Crippen molar-refractivity contribution in [3.8, 4) is 11.8 Å². The van der Waals surface area contributed by atoms with E-state index < -0.39 is 22.0 Å². The van der Waals surface area contributed by atoms with Crippen LogP contribution in [0.25, 0.3) is 0 Å². The molecule has 30 heavy (non-hydrogen) atoms. The van der Waals surface area contributed by atoms with Gasteiger partial charge in [0.25, 0.3) is 0 Å². The maximum absolute atomic E-state index is 12.7. The first-order chi connectivity index (χ1) is 14.2. The molecule has 1 aromatic carbocycles. The molecule has 2 aromatic heterocycles. The van der Waals surface area contributed by atoms with E-state index in [1.807, 2.05) is 0 Å². The van der Waals surface area contributed by atoms with E-state index in [2.05, 4.69) is 25.1 Å². The van der Waals surface area contributed by atoms with Crippen molar-refractivity contribution in [1.29, 1.82) is 0 Å². The first kappa shape index (κ1) is 21.4. The van der Waals surface area contributed by atoms with Crippen LogP contribution in [-0.2, 0) is 21.9 Å². The van der Waals surface area contributed by atoms with Crippen molar-refractivity contribution >= 4 is 21.6 Å². The summed E-state index contributed by atoms with van der Waals surface area (Å²) in [6.07, 6.45) is 3.13. The molecule has 0 saturated heterocycles. The van der Waals surface area contributed by atoms with Gasteiger partial charge >= 0.3 is 6.01 Å². The third-order valence-electron chi connectivity index (χ3n) is 4.31. The minimum atomic E-state index is -3.91. The van der Waals surface area contributed by atoms with Crippen LogP contribution in [0.3, 0.4) is 0 Å². The molecule has 1 unspecified atom stereocenters. The zero-order valence-corrected chi connectivity index (χ0v) is 17.8. The lowest BCUT2D eigenvalue weighted by molar-refractivity contribution is -0.117. The quantitative estimate of drug-likeness (QED) is 0.586. The normalized spacial score (nSPS) is 12.4. The number of rotatable bonds is 7. The first-order valence-electron chi connectivity index (χ1n) is 9.05. The highest BCUT2D eigenvalue weighted by Crippen LogP contribution is 2.21. The fourth-order valence-corrected chi connectivity index (χ4v) is 4.43. The molecule has 3 aromatic rings. The maximum Gasteiger partial charge on any atom is 0.321 e. The molecule has 0 fully saturated rings. The standard InChI is InChI=1S/C19H22N6O4S/c1-12-17(14(3)25(4)23-12)30(27,28)24-13(2)18(26)22-15-6-8-16(9-7-15)29-19-20-10-5-11-21-19/h5-11,13,24H,1-4H3,(H,22,26). The van der Waals surface area contributed by atoms with Crippen molar-refractivity contribution in [1.82, 2.24) is 24.5 Å². The highest BCUT2D eigenvalue weighted by Gasteiger charge is 2.27. The van der Waals surface area contributed by atoms with E-state index >= 15 is 0 Å². The number of amides is 1. The summed E-state index contributed by atoms with van der Waals surface area (Å²) in [5.74, 6) is -0.00619. The first-order valence-corrected chi connectivity index (χ1v) is 10.5. The van der Waals surface area contributed by atoms with Crippen LogP contribution >= 0.6 is 0 Å². The molecule has 0 aliphatic heterocycles. The van der Waals surface area contributed by atoms with E-state index in [-0.39, 0.29) is 10.9 Å². The number of ether oxygens (including phenoxy) is 1. The van der Waals surface area contributed by atoms with Gasteiger partial charge in [0.05, 0.1) is 17.4 Å². The molecule has 0 bridgehead atoms. The van der Waals surface area contributed by atoms with Crippen LogP contribution in [0.5, 0.6) is 11.8 Å². The molecule has 1 atom stereocenters. The Hall–Kier alpha value is -3.31. The van der Waals surface area contributed by atoms with E-state index in [1.165, 1.54) is 11.6 Å². The van der Waals surface area contributed by atoms with Gasteiger partial charge in [-0.1, -0.05) is 0 Å². The molecule has 0 saturated carbocycles. The van der Waals surface area contributed by atoms with Crippen LogP contribution in [0.1, 0.15) is 18.3 Å². The lowest BCUT2D eigenvalue weighted by atomic mass is 10.2. The number of anilines is 1. The summed E-state index contributed by atoms with van der Waals surface area (Å²) in [5, 5.41) is 6.78. The van der Waals surface area contributed by atoms with Gasteiger partial charge in [-0.2, -0.15) is 9.82 Å². The second-order valence-corrected chi connectivity index (χ2v) is 8.26. The minimum absolute atomic E-state index is 0.0780. The Kier molecular flexibility index (Phi) is 6.13. The lowest BCUT2D eigenvalue weighted by Gasteiger charge is -2.15. The molecule has 2 heterocycles. The Morgan fingerprint density at radius 2 is 1.77 bits per heavy atom. The highest BCUT2D eigenvalue weighted by atomic mass is 32.2. The molecule has 0 aliphatic rings. The van der Waals surface area contributed by atoms with Gasteiger partial charge in [0.2, 0.25) is 15.9 Å². The zero-order chi connectivity index (χ0) is 21.9. The predicted octanol–water partition coefficient (Wildman–Crippen LogP) is 1.92. The van der Waals surface area contributed by atoms with Crippen molar-refractivity contribution in [3.05, 3.63) is 54.1 Å². The van der Waals surface area contributed by atoms with Crippen molar-refractivity contribution < 1.29 is 17.9 Å². The van der Waals surface area contributed by atoms with E-state index in [0.717, 1.165) is 0 Å². The Morgan fingerprint density at radius 3 is 2.33 bits per heavy atom. The van der Waals surface area contributed by atoms with Crippen molar-refractivity contribution in [2.75, 3.05) is 5.32 Å². The Balaban J connectivity index is 1.64. The van der Waals surface area contributed by atoms with E-state index in [0.29, 0.717) is 22.8 Å². The molecule has 0 aliphatic carbocycles. The Labute approximate surface area is 174 Å². The van der Waals surface area contributed by atoms with Crippen molar-refractivity contribution in [2.45, 2.75) is 31.7 Å². The second-order valence-electron chi connectivity index (χ2n) is 6.61. The number of nitrogens with zero attached hydrogens (tertiary/aromatic N) is 4. The number of carbonyl (C=O) groups is 1. The summed E-state index contributed by atoms with van der Waals surface area (Å²) in [6.45, 7) is 4.73. The maximum atomic E-state index is 12.7. The van der Waals surface area contributed by atoms with Gasteiger partial charge in [0, 0.05) is 25.1 Å². The fourth-order valence-electron chi connectivity index (χ4n) is 2.79. The fraction of sp³-hybridized carbons (Fsp3) is 0.263. The van der Waals surface area contributed by atoms with Gasteiger partial charge < -0.3 is 10.1 Å². The molecule has 1 amide bonds. The average Bonchev–Trinajstić information content (AvgIpc) is 2.96. The van der Waals surface area contributed by atoms with E-state index in [1.54, 1.807) is 63.6 Å². The number of aromatic nitrogens is 4. The molecule has 0 radical (unpaired) electrons. The van der Waals surface area contributed by atoms with Crippen LogP contribution in [-0.4, -0.2) is 40.1 Å². The second kappa shape index (κ2) is 8.59. The highest BCUT2D eigenvalue weighted by molar-refractivity contribution is 7.89. The van der Waals surface area contributed by atoms with Gasteiger partial charge in [-0.3, -0.25) is 9.48 Å². The molecule has 158 valence electrons. The molecule has 2 N–H and O–H groups in total. The van der Waals surface area contributed by atoms with Gasteiger partial charge in [-0.25, -0.2) is 18.4 Å². The number of carbonyl (C=O) groups excluding carboxylic acids is 1. The lowest BCUT2D eigenvalue weighted by Crippen LogP contribution is -2.41. The Morgan fingerprint density at radius 1 is 1.13 bits per heavy atom. The van der Waals surface area contributed by atoms with Gasteiger partial charge in [-0.05, 0) is 51.1 Å². The van der Waals surface area contributed by atoms with Crippen molar-refractivity contribution in [2.24, 2.45) is 7.05 Å². The van der Waals surface area contributed by atoms with Crippen LogP contribution in [0.15, 0.2) is 47.6 Å². The summed E-state index contributed by atoms with van der Waals surface area (Å²) in [5.41, 5.74) is 1.35. The molecule has 11 heteroatoms. The zero-order valence-electron chi connectivity index (χ0n) is 16.9. The van der Waals surface area contributed by atoms with Crippen LogP contribution in [0, 0.1) is 13.8 Å². The summed E-state index contributed by atoms with van der Waals surface area (Å²) in [7, 11) is -2.25. The van der Waals surface area contributed by atoms with Crippen LogP contribution in [0.4, 0.5) is 5.69 Å². The molecule has 10 nitrogen and oxygen atoms in total. The minimum Gasteiger partial charge on any atom is -0.424 e. The number of hydrogen-bond donors (Lipinski definition) is 2. The monoisotopic (exact) mass is 430 g/mol. The number of aryl methyl sites for hydroxylation is 2. The summed E-state index contributed by atoms with van der Waals surface area (Å²) in [6, 6.07) is 7.44. The molecular weight excluding hydrogens is 408 g/mol.